The van der Waals surface area contributed by atoms with E-state index in [0.717, 1.165) is 6.08 Å². The van der Waals surface area contributed by atoms with Crippen molar-refractivity contribution in [2.75, 3.05) is 6.61 Å². The van der Waals surface area contributed by atoms with Crippen LogP contribution < -0.4 is 0 Å². The van der Waals surface area contributed by atoms with Crippen molar-refractivity contribution in [3.63, 3.8) is 0 Å². The summed E-state index contributed by atoms with van der Waals surface area (Å²) >= 11 is 0. The van der Waals surface area contributed by atoms with Gasteiger partial charge in [-0.3, -0.25) is 4.55 Å². The van der Waals surface area contributed by atoms with Crippen LogP contribution in [0.3, 0.4) is 0 Å². The average molecular weight is 178 g/mol. The predicted molar refractivity (Wildman–Crippen MR) is 34.9 cm³/mol. The van der Waals surface area contributed by atoms with Gasteiger partial charge < -0.3 is 5.11 Å². The van der Waals surface area contributed by atoms with Gasteiger partial charge in [-0.2, -0.15) is 8.42 Å². The molecule has 0 aliphatic carbocycles. The Morgan fingerprint density at radius 1 is 1.44 bits per heavy atom. The molecule has 0 saturated carbocycles. The van der Waals surface area contributed by atoms with Crippen molar-refractivity contribution in [1.82, 2.24) is 0 Å². The molecule has 0 spiro atoms. The molecule has 0 aromatic rings. The molecule has 0 heterocycles. The van der Waals surface area contributed by atoms with Crippen LogP contribution >= 0.6 is 0 Å². The summed E-state index contributed by atoms with van der Waals surface area (Å²) in [5, 5.41) is 8.49. The number of aliphatic hydroxyl groups is 1. The van der Waals surface area contributed by atoms with E-state index >= 15 is 0 Å². The van der Waals surface area contributed by atoms with Crippen molar-refractivity contribution < 1.29 is 18.1 Å². The Labute approximate surface area is 96.1 Å². The normalized spacial score (nSPS) is 11.3. The summed E-state index contributed by atoms with van der Waals surface area (Å²) in [6.45, 7) is -0.389. The van der Waals surface area contributed by atoms with Gasteiger partial charge in [0.1, 0.15) is 0 Å². The molecule has 0 aliphatic rings. The van der Waals surface area contributed by atoms with Gasteiger partial charge in [-0.05, 0) is 6.08 Å². The molecule has 0 saturated heterocycles. The molecule has 4 nitrogen and oxygen atoms in total. The Morgan fingerprint density at radius 3 is 2.00 bits per heavy atom. The maximum atomic E-state index is 9.75. The van der Waals surface area contributed by atoms with E-state index in [9.17, 15) is 8.42 Å². The maximum absolute atomic E-state index is 9.75. The fourth-order valence-electron chi connectivity index (χ4n) is 0.165. The van der Waals surface area contributed by atoms with E-state index in [4.69, 9.17) is 9.66 Å². The Morgan fingerprint density at radius 2 is 1.89 bits per heavy atom. The number of hydrogen-bond acceptors (Lipinski definition) is 3. The Hall–Kier alpha value is 1.25. The molecule has 9 heavy (non-hydrogen) atoms. The zero-order valence-electron chi connectivity index (χ0n) is 3.98. The molecule has 0 fully saturated rings. The van der Waals surface area contributed by atoms with Crippen LogP contribution in [-0.4, -0.2) is 76.1 Å². The zero-order valence-corrected chi connectivity index (χ0v) is 4.80. The number of aliphatic hydroxyl groups excluding tert-OH is 1. The van der Waals surface area contributed by atoms with Crippen LogP contribution in [0.25, 0.3) is 0 Å². The SMILES string of the molecule is O=S(=O)(O)C=CCO.[KH]. The summed E-state index contributed by atoms with van der Waals surface area (Å²) in [6.07, 6.45) is 0.926. The van der Waals surface area contributed by atoms with E-state index < -0.39 is 10.1 Å². The topological polar surface area (TPSA) is 74.6 Å². The van der Waals surface area contributed by atoms with E-state index in [1.165, 1.54) is 0 Å². The predicted octanol–water partition coefficient (Wildman–Crippen LogP) is -1.27. The van der Waals surface area contributed by atoms with Gasteiger partial charge >= 0.3 is 51.4 Å². The van der Waals surface area contributed by atoms with Gasteiger partial charge in [-0.1, -0.05) is 0 Å². The van der Waals surface area contributed by atoms with Gasteiger partial charge in [0, 0.05) is 0 Å². The monoisotopic (exact) mass is 178 g/mol. The third kappa shape index (κ3) is 12.4. The molecule has 50 valence electrons. The average Bonchev–Trinajstić information content (AvgIpc) is 1.59. The molecule has 6 heteroatoms. The minimum atomic E-state index is -4.03. The summed E-state index contributed by atoms with van der Waals surface area (Å²) in [4.78, 5) is 0. The number of hydrogen-bond donors (Lipinski definition) is 2. The molecular formula is C3H7KO4S. The van der Waals surface area contributed by atoms with E-state index in [2.05, 4.69) is 0 Å². The molecule has 0 unspecified atom stereocenters. The minimum absolute atomic E-state index is 0. The summed E-state index contributed by atoms with van der Waals surface area (Å²) in [5.74, 6) is 0. The first kappa shape index (κ1) is 12.9. The standard InChI is InChI=1S/C3H6O4S.K.H/c4-2-1-3-8(5,6)7;;/h1,3-4H,2H2,(H,5,6,7);;. The van der Waals surface area contributed by atoms with Crippen LogP contribution in [0.4, 0.5) is 0 Å². The van der Waals surface area contributed by atoms with Crippen LogP contribution in [0.2, 0.25) is 0 Å². The van der Waals surface area contributed by atoms with Crippen molar-refractivity contribution in [1.29, 1.82) is 0 Å². The van der Waals surface area contributed by atoms with Crippen molar-refractivity contribution in [3.05, 3.63) is 11.5 Å². The van der Waals surface area contributed by atoms with Gasteiger partial charge in [-0.25, -0.2) is 0 Å². The van der Waals surface area contributed by atoms with Gasteiger partial charge in [0.2, 0.25) is 0 Å². The molecule has 0 amide bonds. The summed E-state index contributed by atoms with van der Waals surface area (Å²) in [5.41, 5.74) is 0. The first-order valence-electron chi connectivity index (χ1n) is 1.81. The van der Waals surface area contributed by atoms with E-state index in [-0.39, 0.29) is 58.0 Å². The molecule has 0 bridgehead atoms. The Kier molecular flexibility index (Phi) is 8.57. The van der Waals surface area contributed by atoms with Crippen LogP contribution in [-0.2, 0) is 10.1 Å². The molecule has 0 aliphatic heterocycles. The van der Waals surface area contributed by atoms with Gasteiger partial charge in [-0.15, -0.1) is 0 Å². The third-order valence-corrected chi connectivity index (χ3v) is 0.910. The van der Waals surface area contributed by atoms with Gasteiger partial charge in [0.05, 0.1) is 12.0 Å². The number of rotatable bonds is 2. The zero-order chi connectivity index (χ0) is 6.62. The van der Waals surface area contributed by atoms with Crippen LogP contribution in [0.1, 0.15) is 0 Å². The Balaban J connectivity index is 0. The first-order valence-corrected chi connectivity index (χ1v) is 3.31. The van der Waals surface area contributed by atoms with Crippen molar-refractivity contribution in [2.24, 2.45) is 0 Å². The first-order chi connectivity index (χ1) is 3.56. The second-order valence-electron chi connectivity index (χ2n) is 1.07. The molecule has 2 N–H and O–H groups in total. The Bertz CT molecular complexity index is 170. The van der Waals surface area contributed by atoms with E-state index in [0.29, 0.717) is 5.41 Å². The van der Waals surface area contributed by atoms with Crippen molar-refractivity contribution >= 4 is 61.5 Å². The summed E-state index contributed by atoms with van der Waals surface area (Å²) in [7, 11) is -4.03. The molecule has 0 aromatic heterocycles. The fraction of sp³-hybridized carbons (Fsp3) is 0.333. The van der Waals surface area contributed by atoms with Crippen LogP contribution in [0.5, 0.6) is 0 Å². The van der Waals surface area contributed by atoms with Gasteiger partial charge in [0.25, 0.3) is 10.1 Å². The van der Waals surface area contributed by atoms with E-state index in [1.54, 1.807) is 0 Å². The van der Waals surface area contributed by atoms with Gasteiger partial charge in [0.15, 0.2) is 0 Å². The van der Waals surface area contributed by atoms with Crippen LogP contribution in [0, 0.1) is 0 Å². The van der Waals surface area contributed by atoms with Crippen molar-refractivity contribution in [2.45, 2.75) is 0 Å². The molecule has 0 radical (unpaired) electrons. The summed E-state index contributed by atoms with van der Waals surface area (Å²) in [6, 6.07) is 0. The van der Waals surface area contributed by atoms with Crippen molar-refractivity contribution in [3.8, 4) is 0 Å². The fourth-order valence-corrected chi connectivity index (χ4v) is 0.494. The van der Waals surface area contributed by atoms with Crippen LogP contribution in [0.15, 0.2) is 11.5 Å². The second-order valence-corrected chi connectivity index (χ2v) is 2.37. The second kappa shape index (κ2) is 5.99. The molecule has 0 aromatic carbocycles. The molecule has 0 atom stereocenters. The quantitative estimate of drug-likeness (QED) is 0.408. The summed E-state index contributed by atoms with van der Waals surface area (Å²) < 4.78 is 27.4. The van der Waals surface area contributed by atoms with E-state index in [1.807, 2.05) is 0 Å². The third-order valence-electron chi connectivity index (χ3n) is 0.374. The molecule has 0 rings (SSSR count). The molecular weight excluding hydrogens is 171 g/mol.